The fourth-order valence-electron chi connectivity index (χ4n) is 2.83. The molecular weight excluding hydrogens is 388 g/mol. The fourth-order valence-corrected chi connectivity index (χ4v) is 2.83. The van der Waals surface area contributed by atoms with E-state index in [1.165, 1.54) is 26.0 Å². The number of amides is 2. The Bertz CT molecular complexity index is 614. The van der Waals surface area contributed by atoms with E-state index in [9.17, 15) is 24.3 Å². The first kappa shape index (κ1) is 24.5. The van der Waals surface area contributed by atoms with Gasteiger partial charge < -0.3 is 33.9 Å². The smallest absolute Gasteiger partial charge is 0.331 e. The second kappa shape index (κ2) is 12.1. The van der Waals surface area contributed by atoms with E-state index in [1.54, 1.807) is 0 Å². The summed E-state index contributed by atoms with van der Waals surface area (Å²) in [4.78, 5) is 50.5. The second-order valence-electron chi connectivity index (χ2n) is 6.25. The van der Waals surface area contributed by atoms with E-state index in [-0.39, 0.29) is 32.8 Å². The van der Waals surface area contributed by atoms with Crippen molar-refractivity contribution in [3.63, 3.8) is 0 Å². The molecule has 1 aliphatic rings. The van der Waals surface area contributed by atoms with Crippen molar-refractivity contribution < 1.29 is 43.2 Å². The van der Waals surface area contributed by atoms with Gasteiger partial charge >= 0.3 is 11.9 Å². The van der Waals surface area contributed by atoms with Crippen LogP contribution in [-0.4, -0.2) is 111 Å². The van der Waals surface area contributed by atoms with Gasteiger partial charge in [-0.1, -0.05) is 0 Å². The zero-order valence-electron chi connectivity index (χ0n) is 17.0. The van der Waals surface area contributed by atoms with Crippen LogP contribution in [-0.2, 0) is 38.1 Å². The molecule has 11 heteroatoms. The van der Waals surface area contributed by atoms with Gasteiger partial charge in [-0.2, -0.15) is 0 Å². The van der Waals surface area contributed by atoms with Crippen LogP contribution >= 0.6 is 0 Å². The SMILES string of the molecule is COCCN(CCOC)C(=O)[C@@H]1[C@H](O)[C@@H](OC(=O)/C=C/C(=O)OC)CN1C(C)=O. The lowest BCUT2D eigenvalue weighted by atomic mass is 10.1. The summed E-state index contributed by atoms with van der Waals surface area (Å²) in [5.74, 6) is -2.62. The minimum atomic E-state index is -1.44. The number of hydrogen-bond donors (Lipinski definition) is 1. The topological polar surface area (TPSA) is 132 Å². The van der Waals surface area contributed by atoms with Gasteiger partial charge in [-0.3, -0.25) is 9.59 Å². The summed E-state index contributed by atoms with van der Waals surface area (Å²) in [6, 6.07) is -1.22. The Morgan fingerprint density at radius 2 is 1.59 bits per heavy atom. The number of rotatable bonds is 10. The van der Waals surface area contributed by atoms with E-state index >= 15 is 0 Å². The number of carbonyl (C=O) groups excluding carboxylic acids is 4. The monoisotopic (exact) mass is 416 g/mol. The van der Waals surface area contributed by atoms with Crippen LogP contribution in [0.5, 0.6) is 0 Å². The van der Waals surface area contributed by atoms with Crippen molar-refractivity contribution >= 4 is 23.8 Å². The predicted molar refractivity (Wildman–Crippen MR) is 98.5 cm³/mol. The molecule has 164 valence electrons. The van der Waals surface area contributed by atoms with Gasteiger partial charge in [0.15, 0.2) is 0 Å². The lowest BCUT2D eigenvalue weighted by Crippen LogP contribution is -2.53. The Morgan fingerprint density at radius 1 is 1.03 bits per heavy atom. The normalized spacial score (nSPS) is 21.3. The number of ether oxygens (including phenoxy) is 4. The Labute approximate surface area is 169 Å². The molecule has 1 saturated heterocycles. The van der Waals surface area contributed by atoms with Crippen molar-refractivity contribution in [3.05, 3.63) is 12.2 Å². The van der Waals surface area contributed by atoms with Gasteiger partial charge in [0.2, 0.25) is 11.8 Å². The lowest BCUT2D eigenvalue weighted by Gasteiger charge is -2.30. The molecule has 1 aliphatic heterocycles. The number of nitrogens with zero attached hydrogens (tertiary/aromatic N) is 2. The number of esters is 2. The summed E-state index contributed by atoms with van der Waals surface area (Å²) >= 11 is 0. The number of carbonyl (C=O) groups is 4. The highest BCUT2D eigenvalue weighted by Gasteiger charge is 2.49. The largest absolute Gasteiger partial charge is 0.466 e. The molecule has 0 spiro atoms. The lowest BCUT2D eigenvalue weighted by molar-refractivity contribution is -0.150. The molecule has 1 heterocycles. The van der Waals surface area contributed by atoms with Gasteiger partial charge in [0.05, 0.1) is 26.9 Å². The average Bonchev–Trinajstić information content (AvgIpc) is 3.02. The number of methoxy groups -OCH3 is 3. The number of aliphatic hydroxyl groups is 1. The third-order valence-electron chi connectivity index (χ3n) is 4.34. The van der Waals surface area contributed by atoms with E-state index < -0.39 is 42.0 Å². The number of likely N-dealkylation sites (tertiary alicyclic amines) is 1. The maximum Gasteiger partial charge on any atom is 0.331 e. The van der Waals surface area contributed by atoms with E-state index in [0.29, 0.717) is 0 Å². The van der Waals surface area contributed by atoms with Crippen LogP contribution in [0.4, 0.5) is 0 Å². The molecule has 0 bridgehead atoms. The molecule has 3 atom stereocenters. The minimum absolute atomic E-state index is 0.160. The first-order valence-corrected chi connectivity index (χ1v) is 8.95. The highest BCUT2D eigenvalue weighted by molar-refractivity contribution is 5.92. The molecule has 0 aromatic carbocycles. The molecule has 0 unspecified atom stereocenters. The maximum atomic E-state index is 13.0. The molecule has 0 aliphatic carbocycles. The molecule has 1 rings (SSSR count). The molecule has 0 aromatic heterocycles. The van der Waals surface area contributed by atoms with Crippen LogP contribution < -0.4 is 0 Å². The first-order chi connectivity index (χ1) is 13.8. The van der Waals surface area contributed by atoms with Gasteiger partial charge in [0.25, 0.3) is 0 Å². The van der Waals surface area contributed by atoms with Crippen LogP contribution in [0.15, 0.2) is 12.2 Å². The molecule has 1 fully saturated rings. The summed E-state index contributed by atoms with van der Waals surface area (Å²) in [6.45, 7) is 2.08. The Morgan fingerprint density at radius 3 is 2.07 bits per heavy atom. The van der Waals surface area contributed by atoms with Crippen LogP contribution in [0.3, 0.4) is 0 Å². The van der Waals surface area contributed by atoms with Crippen molar-refractivity contribution in [1.29, 1.82) is 0 Å². The van der Waals surface area contributed by atoms with Crippen LogP contribution in [0.2, 0.25) is 0 Å². The predicted octanol–water partition coefficient (Wildman–Crippen LogP) is -1.66. The summed E-state index contributed by atoms with van der Waals surface area (Å²) in [5.41, 5.74) is 0. The van der Waals surface area contributed by atoms with Gasteiger partial charge in [-0.15, -0.1) is 0 Å². The third kappa shape index (κ3) is 7.11. The standard InChI is InChI=1S/C18H28N2O9/c1-12(21)20-11-13(29-15(23)6-5-14(22)28-4)17(24)16(20)18(25)19(7-9-26-2)8-10-27-3/h5-6,13,16-17,24H,7-11H2,1-4H3/b6-5+/t13-,16-,17+/m0/s1. The molecule has 11 nitrogen and oxygen atoms in total. The quantitative estimate of drug-likeness (QED) is 0.328. The van der Waals surface area contributed by atoms with Gasteiger partial charge in [-0.05, 0) is 0 Å². The maximum absolute atomic E-state index is 13.0. The third-order valence-corrected chi connectivity index (χ3v) is 4.34. The van der Waals surface area contributed by atoms with Crippen molar-refractivity contribution in [1.82, 2.24) is 9.80 Å². The van der Waals surface area contributed by atoms with Gasteiger partial charge in [0.1, 0.15) is 18.2 Å². The first-order valence-electron chi connectivity index (χ1n) is 8.95. The second-order valence-corrected chi connectivity index (χ2v) is 6.25. The molecule has 29 heavy (non-hydrogen) atoms. The van der Waals surface area contributed by atoms with E-state index in [2.05, 4.69) is 4.74 Å². The van der Waals surface area contributed by atoms with E-state index in [0.717, 1.165) is 24.2 Å². The Hall–Kier alpha value is -2.50. The molecule has 2 amide bonds. The number of hydrogen-bond acceptors (Lipinski definition) is 9. The molecule has 0 aromatic rings. The van der Waals surface area contributed by atoms with Crippen molar-refractivity contribution in [3.8, 4) is 0 Å². The Balaban J connectivity index is 2.94. The number of aliphatic hydroxyl groups excluding tert-OH is 1. The zero-order chi connectivity index (χ0) is 22.0. The molecular formula is C18H28N2O9. The van der Waals surface area contributed by atoms with E-state index in [4.69, 9.17) is 14.2 Å². The molecule has 1 N–H and O–H groups in total. The van der Waals surface area contributed by atoms with Gasteiger partial charge in [0, 0.05) is 46.4 Å². The average molecular weight is 416 g/mol. The van der Waals surface area contributed by atoms with Crippen molar-refractivity contribution in [2.75, 3.05) is 54.2 Å². The minimum Gasteiger partial charge on any atom is -0.466 e. The van der Waals surface area contributed by atoms with Gasteiger partial charge in [-0.25, -0.2) is 9.59 Å². The summed E-state index contributed by atoms with van der Waals surface area (Å²) in [7, 11) is 4.13. The van der Waals surface area contributed by atoms with Crippen LogP contribution in [0.25, 0.3) is 0 Å². The van der Waals surface area contributed by atoms with Crippen molar-refractivity contribution in [2.45, 2.75) is 25.2 Å². The van der Waals surface area contributed by atoms with Crippen LogP contribution in [0, 0.1) is 0 Å². The highest BCUT2D eigenvalue weighted by atomic mass is 16.6. The summed E-state index contributed by atoms with van der Waals surface area (Å²) in [5, 5.41) is 10.6. The van der Waals surface area contributed by atoms with E-state index in [1.807, 2.05) is 0 Å². The fraction of sp³-hybridized carbons (Fsp3) is 0.667. The van der Waals surface area contributed by atoms with Crippen molar-refractivity contribution in [2.24, 2.45) is 0 Å². The van der Waals surface area contributed by atoms with Crippen LogP contribution in [0.1, 0.15) is 6.92 Å². The highest BCUT2D eigenvalue weighted by Crippen LogP contribution is 2.23. The molecule has 0 radical (unpaired) electrons. The summed E-state index contributed by atoms with van der Waals surface area (Å²) in [6.07, 6.45) is -0.856. The summed E-state index contributed by atoms with van der Waals surface area (Å²) < 4.78 is 19.5. The Kier molecular flexibility index (Phi) is 10.3. The zero-order valence-corrected chi connectivity index (χ0v) is 17.0. The molecule has 0 saturated carbocycles.